The number of hydrogen-bond acceptors (Lipinski definition) is 6. The number of carbonyl (C=O) groups is 1. The van der Waals surface area contributed by atoms with Crippen molar-refractivity contribution in [3.8, 4) is 0 Å². The van der Waals surface area contributed by atoms with Gasteiger partial charge in [0, 0.05) is 6.42 Å². The highest BCUT2D eigenvalue weighted by Gasteiger charge is 2.23. The Morgan fingerprint density at radius 2 is 0.984 bits per heavy atom. The average molecular weight is 897 g/mol. The van der Waals surface area contributed by atoms with Crippen molar-refractivity contribution < 1.29 is 32.9 Å². The van der Waals surface area contributed by atoms with E-state index in [2.05, 4.69) is 116 Å². The third-order valence-electron chi connectivity index (χ3n) is 10.2. The highest BCUT2D eigenvalue weighted by atomic mass is 31.2. The molecule has 0 aliphatic heterocycles. The number of phosphoric ester groups is 1. The molecule has 0 rings (SSSR count). The molecule has 0 aromatic rings. The molecule has 3 atom stereocenters. The minimum Gasteiger partial charge on any atom is -0.756 e. The van der Waals surface area contributed by atoms with Crippen molar-refractivity contribution in [3.05, 3.63) is 109 Å². The van der Waals surface area contributed by atoms with Crippen LogP contribution < -0.4 is 10.2 Å². The maximum atomic E-state index is 12.9. The zero-order valence-electron chi connectivity index (χ0n) is 40.7. The number of nitrogens with zero attached hydrogens (tertiary/aromatic N) is 1. The van der Waals surface area contributed by atoms with E-state index in [4.69, 9.17) is 9.05 Å². The van der Waals surface area contributed by atoms with E-state index in [1.54, 1.807) is 6.08 Å². The van der Waals surface area contributed by atoms with Crippen molar-refractivity contribution in [1.29, 1.82) is 0 Å². The molecule has 0 heterocycles. The summed E-state index contributed by atoms with van der Waals surface area (Å²) in [6.45, 7) is 4.45. The largest absolute Gasteiger partial charge is 0.756 e. The molecule has 2 N–H and O–H groups in total. The van der Waals surface area contributed by atoms with Gasteiger partial charge >= 0.3 is 0 Å². The number of unbranched alkanes of at least 4 members (excludes halogenated alkanes) is 14. The monoisotopic (exact) mass is 897 g/mol. The molecule has 0 radical (unpaired) electrons. The number of rotatable bonds is 43. The van der Waals surface area contributed by atoms with Crippen LogP contribution in [0.25, 0.3) is 0 Å². The van der Waals surface area contributed by atoms with Gasteiger partial charge < -0.3 is 28.8 Å². The van der Waals surface area contributed by atoms with Crippen LogP contribution in [0.15, 0.2) is 109 Å². The van der Waals surface area contributed by atoms with Crippen LogP contribution in [0.3, 0.4) is 0 Å². The molecule has 0 aromatic carbocycles. The molecule has 0 saturated carbocycles. The van der Waals surface area contributed by atoms with Crippen LogP contribution in [0.5, 0.6) is 0 Å². The van der Waals surface area contributed by atoms with Gasteiger partial charge in [-0.05, 0) is 96.3 Å². The maximum Gasteiger partial charge on any atom is 0.268 e. The molecule has 0 aliphatic rings. The lowest BCUT2D eigenvalue weighted by Gasteiger charge is -2.29. The summed E-state index contributed by atoms with van der Waals surface area (Å²) in [5.41, 5.74) is 0. The van der Waals surface area contributed by atoms with Gasteiger partial charge in [0.1, 0.15) is 13.2 Å². The first kappa shape index (κ1) is 60.2. The van der Waals surface area contributed by atoms with Gasteiger partial charge in [0.15, 0.2) is 0 Å². The van der Waals surface area contributed by atoms with Crippen LogP contribution >= 0.6 is 7.82 Å². The third kappa shape index (κ3) is 47.0. The minimum atomic E-state index is -4.61. The summed E-state index contributed by atoms with van der Waals surface area (Å²) in [7, 11) is 1.21. The normalized spacial score (nSPS) is 15.1. The van der Waals surface area contributed by atoms with Crippen molar-refractivity contribution in [3.63, 3.8) is 0 Å². The van der Waals surface area contributed by atoms with Crippen LogP contribution in [0, 0.1) is 0 Å². The van der Waals surface area contributed by atoms with Gasteiger partial charge in [-0.2, -0.15) is 0 Å². The van der Waals surface area contributed by atoms with Gasteiger partial charge in [-0.25, -0.2) is 0 Å². The van der Waals surface area contributed by atoms with Crippen LogP contribution in [0.1, 0.15) is 174 Å². The number of aliphatic hydroxyl groups excluding tert-OH is 1. The van der Waals surface area contributed by atoms with Gasteiger partial charge in [0.05, 0.1) is 39.9 Å². The molecule has 0 aliphatic carbocycles. The number of phosphoric acid groups is 1. The summed E-state index contributed by atoms with van der Waals surface area (Å²) < 4.78 is 23.2. The topological polar surface area (TPSA) is 108 Å². The van der Waals surface area contributed by atoms with E-state index >= 15 is 0 Å². The van der Waals surface area contributed by atoms with E-state index in [-0.39, 0.29) is 12.5 Å². The summed E-state index contributed by atoms with van der Waals surface area (Å²) in [5.74, 6) is -0.227. The number of amides is 1. The zero-order chi connectivity index (χ0) is 46.4. The molecular weight excluding hydrogens is 804 g/mol. The van der Waals surface area contributed by atoms with E-state index in [0.29, 0.717) is 17.4 Å². The SMILES string of the molecule is CC/C=C\C/C=C\C/C=C\C/C=C\C/C=C\C/C=C\CCCCCCCCCCC(=O)NC(COP(=O)([O-])OCC[N+](C)(C)C)C(O)/C=C/CC/C=C/CC/C=C/CCCCCC. The lowest BCUT2D eigenvalue weighted by molar-refractivity contribution is -0.870. The number of allylic oxidation sites excluding steroid dienone is 17. The summed E-state index contributed by atoms with van der Waals surface area (Å²) >= 11 is 0. The van der Waals surface area contributed by atoms with Gasteiger partial charge in [0.2, 0.25) is 5.91 Å². The van der Waals surface area contributed by atoms with E-state index < -0.39 is 26.6 Å². The fraction of sp³-hybridized carbons (Fsp3) is 0.648. The number of aliphatic hydroxyl groups is 1. The summed E-state index contributed by atoms with van der Waals surface area (Å²) in [4.78, 5) is 25.4. The molecule has 8 nitrogen and oxygen atoms in total. The fourth-order valence-electron chi connectivity index (χ4n) is 6.30. The minimum absolute atomic E-state index is 0.0169. The van der Waals surface area contributed by atoms with Crippen LogP contribution in [0.2, 0.25) is 0 Å². The lowest BCUT2D eigenvalue weighted by Crippen LogP contribution is -2.45. The predicted octanol–water partition coefficient (Wildman–Crippen LogP) is 13.8. The molecular formula is C54H93N2O6P. The van der Waals surface area contributed by atoms with Crippen LogP contribution in [-0.2, 0) is 18.4 Å². The number of nitrogens with one attached hydrogen (secondary N) is 1. The highest BCUT2D eigenvalue weighted by molar-refractivity contribution is 7.45. The standard InChI is InChI=1S/C54H93N2O6P/c1-6-8-10-12-14-16-18-20-22-23-24-25-26-27-28-29-30-31-32-33-34-36-38-40-42-44-46-48-54(58)55-52(51-62-63(59,60)61-50-49-56(3,4)5)53(57)47-45-43-41-39-37-35-21-19-17-15-13-11-9-7-2/h8,10,14,16-17,19-20,22,24-25,27-28,30-31,37,39,45,47,52-53,57H,6-7,9,11-13,15,18,21,23,26,29,32-36,38,40-44,46,48-51H2,1-5H3,(H-,55,58,59,60)/b10-8-,16-14-,19-17+,22-20-,25-24-,28-27-,31-30-,39-37+,47-45+. The highest BCUT2D eigenvalue weighted by Crippen LogP contribution is 2.38. The second kappa shape index (κ2) is 44.4. The van der Waals surface area contributed by atoms with Crippen LogP contribution in [-0.4, -0.2) is 68.5 Å². The second-order valence-electron chi connectivity index (χ2n) is 17.4. The Labute approximate surface area is 387 Å². The van der Waals surface area contributed by atoms with Crippen molar-refractivity contribution in [2.24, 2.45) is 0 Å². The van der Waals surface area contributed by atoms with Crippen LogP contribution in [0.4, 0.5) is 0 Å². The van der Waals surface area contributed by atoms with Crippen molar-refractivity contribution >= 4 is 13.7 Å². The van der Waals surface area contributed by atoms with Gasteiger partial charge in [-0.3, -0.25) is 9.36 Å². The van der Waals surface area contributed by atoms with Crippen molar-refractivity contribution in [2.75, 3.05) is 40.9 Å². The fourth-order valence-corrected chi connectivity index (χ4v) is 7.03. The van der Waals surface area contributed by atoms with Gasteiger partial charge in [0.25, 0.3) is 7.82 Å². The van der Waals surface area contributed by atoms with E-state index in [1.807, 2.05) is 27.2 Å². The molecule has 9 heteroatoms. The average Bonchev–Trinajstić information content (AvgIpc) is 3.24. The number of likely N-dealkylation sites (N-methyl/N-ethyl adjacent to an activating group) is 1. The summed E-state index contributed by atoms with van der Waals surface area (Å²) in [5, 5.41) is 13.8. The molecule has 0 fully saturated rings. The molecule has 0 bridgehead atoms. The first-order valence-electron chi connectivity index (χ1n) is 24.7. The molecule has 0 aromatic heterocycles. The Bertz CT molecular complexity index is 1390. The number of quaternary nitrogens is 1. The lowest BCUT2D eigenvalue weighted by atomic mass is 10.1. The number of carbonyl (C=O) groups excluding carboxylic acids is 1. The third-order valence-corrected chi connectivity index (χ3v) is 11.2. The van der Waals surface area contributed by atoms with Gasteiger partial charge in [-0.1, -0.05) is 181 Å². The summed E-state index contributed by atoms with van der Waals surface area (Å²) in [6, 6.07) is -0.921. The summed E-state index contributed by atoms with van der Waals surface area (Å²) in [6.07, 6.45) is 64.3. The van der Waals surface area contributed by atoms with Gasteiger partial charge in [-0.15, -0.1) is 0 Å². The zero-order valence-corrected chi connectivity index (χ0v) is 41.6. The predicted molar refractivity (Wildman–Crippen MR) is 269 cm³/mol. The Morgan fingerprint density at radius 1 is 0.571 bits per heavy atom. The Morgan fingerprint density at radius 3 is 1.48 bits per heavy atom. The molecule has 360 valence electrons. The first-order chi connectivity index (χ1) is 30.5. The Balaban J connectivity index is 4.36. The molecule has 63 heavy (non-hydrogen) atoms. The molecule has 0 spiro atoms. The molecule has 1 amide bonds. The quantitative estimate of drug-likeness (QED) is 0.0273. The van der Waals surface area contributed by atoms with Crippen molar-refractivity contribution in [2.45, 2.75) is 187 Å². The molecule has 0 saturated heterocycles. The number of hydrogen-bond donors (Lipinski definition) is 2. The molecule has 3 unspecified atom stereocenters. The Hall–Kier alpha value is -2.84. The van der Waals surface area contributed by atoms with E-state index in [9.17, 15) is 19.4 Å². The Kier molecular flexibility index (Phi) is 42.4. The van der Waals surface area contributed by atoms with E-state index in [0.717, 1.165) is 103 Å². The second-order valence-corrected chi connectivity index (χ2v) is 18.8. The first-order valence-corrected chi connectivity index (χ1v) is 26.2. The van der Waals surface area contributed by atoms with Crippen molar-refractivity contribution in [1.82, 2.24) is 5.32 Å². The maximum absolute atomic E-state index is 12.9. The smallest absolute Gasteiger partial charge is 0.268 e. The van der Waals surface area contributed by atoms with E-state index in [1.165, 1.54) is 51.4 Å².